The average Bonchev–Trinajstić information content (AvgIpc) is 2.19. The van der Waals surface area contributed by atoms with E-state index in [1.165, 1.54) is 6.42 Å². The quantitative estimate of drug-likeness (QED) is 0.614. The number of nitriles is 1. The molecule has 0 atom stereocenters. The monoisotopic (exact) mass is 195 g/mol. The van der Waals surface area contributed by atoms with Crippen molar-refractivity contribution in [1.82, 2.24) is 9.80 Å². The largest absolute Gasteiger partial charge is 0.342 e. The molecule has 14 heavy (non-hydrogen) atoms. The summed E-state index contributed by atoms with van der Waals surface area (Å²) in [5.41, 5.74) is 0. The first-order chi connectivity index (χ1) is 6.74. The van der Waals surface area contributed by atoms with Gasteiger partial charge in [-0.25, -0.2) is 0 Å². The van der Waals surface area contributed by atoms with Crippen LogP contribution in [-0.2, 0) is 4.79 Å². The minimum Gasteiger partial charge on any atom is -0.342 e. The summed E-state index contributed by atoms with van der Waals surface area (Å²) in [6.07, 6.45) is 3.47. The molecule has 4 heteroatoms. The highest BCUT2D eigenvalue weighted by molar-refractivity contribution is 5.78. The third kappa shape index (κ3) is 3.35. The van der Waals surface area contributed by atoms with Gasteiger partial charge in [0.2, 0.25) is 5.91 Å². The molecule has 1 amide bonds. The number of rotatable bonds is 3. The predicted octanol–water partition coefficient (Wildman–Crippen LogP) is 0.454. The zero-order valence-corrected chi connectivity index (χ0v) is 8.70. The Labute approximate surface area is 85.1 Å². The highest BCUT2D eigenvalue weighted by atomic mass is 16.2. The van der Waals surface area contributed by atoms with Crippen LogP contribution in [-0.4, -0.2) is 48.9 Å². The number of amides is 1. The van der Waals surface area contributed by atoms with Crippen LogP contribution in [0.25, 0.3) is 0 Å². The second kappa shape index (κ2) is 5.61. The Morgan fingerprint density at radius 1 is 1.43 bits per heavy atom. The number of hydrogen-bond acceptors (Lipinski definition) is 3. The van der Waals surface area contributed by atoms with Gasteiger partial charge in [-0.3, -0.25) is 9.69 Å². The Morgan fingerprint density at radius 3 is 2.64 bits per heavy atom. The van der Waals surface area contributed by atoms with Crippen molar-refractivity contribution < 1.29 is 4.79 Å². The van der Waals surface area contributed by atoms with E-state index in [-0.39, 0.29) is 5.91 Å². The average molecular weight is 195 g/mol. The first-order valence-corrected chi connectivity index (χ1v) is 5.07. The van der Waals surface area contributed by atoms with E-state index in [2.05, 4.69) is 0 Å². The lowest BCUT2D eigenvalue weighted by Gasteiger charge is -2.28. The van der Waals surface area contributed by atoms with E-state index in [9.17, 15) is 4.79 Å². The minimum absolute atomic E-state index is 0.155. The van der Waals surface area contributed by atoms with Crippen molar-refractivity contribution >= 4 is 5.91 Å². The summed E-state index contributed by atoms with van der Waals surface area (Å²) in [5, 5.41) is 8.44. The third-order valence-corrected chi connectivity index (χ3v) is 2.45. The molecule has 4 nitrogen and oxygen atoms in total. The highest BCUT2D eigenvalue weighted by Gasteiger charge is 2.17. The fraction of sp³-hybridized carbons (Fsp3) is 0.800. The van der Waals surface area contributed by atoms with Crippen LogP contribution in [0.4, 0.5) is 0 Å². The molecule has 0 saturated carbocycles. The molecule has 0 aromatic carbocycles. The topological polar surface area (TPSA) is 47.3 Å². The summed E-state index contributed by atoms with van der Waals surface area (Å²) in [5.74, 6) is 0.155. The normalized spacial score (nSPS) is 16.8. The van der Waals surface area contributed by atoms with Crippen LogP contribution >= 0.6 is 0 Å². The predicted molar refractivity (Wildman–Crippen MR) is 53.5 cm³/mol. The van der Waals surface area contributed by atoms with Gasteiger partial charge >= 0.3 is 0 Å². The Hall–Kier alpha value is -1.08. The number of likely N-dealkylation sites (tertiary alicyclic amines) is 1. The SMILES string of the molecule is CN(CC#N)CC(=O)N1CCCCC1. The molecule has 1 fully saturated rings. The van der Waals surface area contributed by atoms with E-state index in [0.29, 0.717) is 13.1 Å². The van der Waals surface area contributed by atoms with Crippen molar-refractivity contribution in [1.29, 1.82) is 5.26 Å². The van der Waals surface area contributed by atoms with Gasteiger partial charge in [0.25, 0.3) is 0 Å². The molecule has 1 rings (SSSR count). The summed E-state index contributed by atoms with van der Waals surface area (Å²) >= 11 is 0. The fourth-order valence-corrected chi connectivity index (χ4v) is 1.65. The number of carbonyl (C=O) groups is 1. The maximum absolute atomic E-state index is 11.7. The molecule has 0 aliphatic carbocycles. The number of likely N-dealkylation sites (N-methyl/N-ethyl adjacent to an activating group) is 1. The minimum atomic E-state index is 0.155. The van der Waals surface area contributed by atoms with Crippen molar-refractivity contribution in [3.8, 4) is 6.07 Å². The Balaban J connectivity index is 2.30. The Morgan fingerprint density at radius 2 is 2.07 bits per heavy atom. The van der Waals surface area contributed by atoms with Crippen LogP contribution in [0.2, 0.25) is 0 Å². The van der Waals surface area contributed by atoms with Crippen LogP contribution in [0.3, 0.4) is 0 Å². The molecule has 1 aliphatic heterocycles. The zero-order chi connectivity index (χ0) is 10.4. The van der Waals surface area contributed by atoms with E-state index in [1.807, 2.05) is 11.0 Å². The molecule has 1 aliphatic rings. The fourth-order valence-electron chi connectivity index (χ4n) is 1.65. The maximum Gasteiger partial charge on any atom is 0.236 e. The van der Waals surface area contributed by atoms with Crippen molar-refractivity contribution in [2.24, 2.45) is 0 Å². The molecule has 0 radical (unpaired) electrons. The Bertz CT molecular complexity index is 228. The van der Waals surface area contributed by atoms with Gasteiger partial charge in [0.05, 0.1) is 19.2 Å². The molecule has 0 unspecified atom stereocenters. The first-order valence-electron chi connectivity index (χ1n) is 5.07. The summed E-state index contributed by atoms with van der Waals surface area (Å²) in [7, 11) is 1.80. The first kappa shape index (κ1) is 11.0. The lowest BCUT2D eigenvalue weighted by molar-refractivity contribution is -0.132. The van der Waals surface area contributed by atoms with E-state index >= 15 is 0 Å². The van der Waals surface area contributed by atoms with Gasteiger partial charge in [0, 0.05) is 13.1 Å². The lowest BCUT2D eigenvalue weighted by Crippen LogP contribution is -2.41. The number of hydrogen-bond donors (Lipinski definition) is 0. The summed E-state index contributed by atoms with van der Waals surface area (Å²) < 4.78 is 0. The van der Waals surface area contributed by atoms with Gasteiger partial charge in [0.1, 0.15) is 0 Å². The standard InChI is InChI=1S/C10H17N3O/c1-12(8-5-11)9-10(14)13-6-3-2-4-7-13/h2-4,6-9H2,1H3. The van der Waals surface area contributed by atoms with Gasteiger partial charge in [-0.05, 0) is 26.3 Å². The third-order valence-electron chi connectivity index (χ3n) is 2.45. The molecule has 78 valence electrons. The van der Waals surface area contributed by atoms with Crippen molar-refractivity contribution in [2.45, 2.75) is 19.3 Å². The molecular weight excluding hydrogens is 178 g/mol. The summed E-state index contributed by atoms with van der Waals surface area (Å²) in [4.78, 5) is 15.3. The molecule has 0 aromatic heterocycles. The van der Waals surface area contributed by atoms with Crippen LogP contribution in [0.1, 0.15) is 19.3 Å². The number of piperidine rings is 1. The molecule has 1 saturated heterocycles. The second-order valence-electron chi connectivity index (χ2n) is 3.77. The molecule has 1 heterocycles. The zero-order valence-electron chi connectivity index (χ0n) is 8.70. The van der Waals surface area contributed by atoms with E-state index in [4.69, 9.17) is 5.26 Å². The Kier molecular flexibility index (Phi) is 4.41. The van der Waals surface area contributed by atoms with E-state index < -0.39 is 0 Å². The summed E-state index contributed by atoms with van der Waals surface area (Å²) in [6.45, 7) is 2.46. The molecular formula is C10H17N3O. The number of carbonyl (C=O) groups excluding carboxylic acids is 1. The smallest absolute Gasteiger partial charge is 0.236 e. The molecule has 0 N–H and O–H groups in total. The van der Waals surface area contributed by atoms with Crippen LogP contribution in [0.15, 0.2) is 0 Å². The lowest BCUT2D eigenvalue weighted by atomic mass is 10.1. The van der Waals surface area contributed by atoms with Crippen LogP contribution in [0.5, 0.6) is 0 Å². The maximum atomic E-state index is 11.7. The molecule has 0 aromatic rings. The highest BCUT2D eigenvalue weighted by Crippen LogP contribution is 2.08. The van der Waals surface area contributed by atoms with Crippen molar-refractivity contribution in [3.63, 3.8) is 0 Å². The van der Waals surface area contributed by atoms with Crippen LogP contribution < -0.4 is 0 Å². The summed E-state index contributed by atoms with van der Waals surface area (Å²) in [6, 6.07) is 2.03. The van der Waals surface area contributed by atoms with Gasteiger partial charge in [0.15, 0.2) is 0 Å². The van der Waals surface area contributed by atoms with Gasteiger partial charge in [-0.15, -0.1) is 0 Å². The van der Waals surface area contributed by atoms with E-state index in [1.54, 1.807) is 11.9 Å². The van der Waals surface area contributed by atoms with Crippen LogP contribution in [0, 0.1) is 11.3 Å². The van der Waals surface area contributed by atoms with E-state index in [0.717, 1.165) is 25.9 Å². The number of nitrogens with zero attached hydrogens (tertiary/aromatic N) is 3. The molecule has 0 spiro atoms. The van der Waals surface area contributed by atoms with Crippen molar-refractivity contribution in [2.75, 3.05) is 33.2 Å². The second-order valence-corrected chi connectivity index (χ2v) is 3.77. The van der Waals surface area contributed by atoms with Gasteiger partial charge < -0.3 is 4.90 Å². The molecule has 0 bridgehead atoms. The van der Waals surface area contributed by atoms with Crippen molar-refractivity contribution in [3.05, 3.63) is 0 Å². The van der Waals surface area contributed by atoms with Gasteiger partial charge in [-0.2, -0.15) is 5.26 Å². The van der Waals surface area contributed by atoms with Gasteiger partial charge in [-0.1, -0.05) is 0 Å².